The summed E-state index contributed by atoms with van der Waals surface area (Å²) >= 11 is 1.62. The average molecular weight is 375 g/mol. The lowest BCUT2D eigenvalue weighted by atomic mass is 9.96. The van der Waals surface area contributed by atoms with Gasteiger partial charge in [0.2, 0.25) is 0 Å². The molecule has 0 bridgehead atoms. The van der Waals surface area contributed by atoms with E-state index in [1.807, 2.05) is 30.5 Å². The lowest BCUT2D eigenvalue weighted by Gasteiger charge is -2.18. The van der Waals surface area contributed by atoms with E-state index in [1.54, 1.807) is 26.0 Å². The Hall–Kier alpha value is -2.15. The predicted molar refractivity (Wildman–Crippen MR) is 109 cm³/mol. The van der Waals surface area contributed by atoms with Crippen LogP contribution >= 0.6 is 11.8 Å². The highest BCUT2D eigenvalue weighted by atomic mass is 32.2. The van der Waals surface area contributed by atoms with Gasteiger partial charge in [0, 0.05) is 11.6 Å². The zero-order valence-corrected chi connectivity index (χ0v) is 16.4. The van der Waals surface area contributed by atoms with Gasteiger partial charge in [0.1, 0.15) is 0 Å². The average Bonchev–Trinajstić information content (AvgIpc) is 3.16. The molecule has 1 aromatic carbocycles. The van der Waals surface area contributed by atoms with Gasteiger partial charge >= 0.3 is 0 Å². The molecule has 0 spiro atoms. The van der Waals surface area contributed by atoms with Crippen molar-refractivity contribution in [3.8, 4) is 22.8 Å². The number of benzene rings is 1. The highest BCUT2D eigenvalue weighted by Gasteiger charge is 2.14. The second-order valence-electron chi connectivity index (χ2n) is 6.29. The van der Waals surface area contributed by atoms with Gasteiger partial charge < -0.3 is 14.8 Å². The topological polar surface area (TPSA) is 71.5 Å². The van der Waals surface area contributed by atoms with Gasteiger partial charge in [-0.25, -0.2) is 0 Å². The van der Waals surface area contributed by atoms with Crippen LogP contribution in [-0.2, 0) is 0 Å². The highest BCUT2D eigenvalue weighted by molar-refractivity contribution is 8.13. The fourth-order valence-electron chi connectivity index (χ4n) is 3.16. The van der Waals surface area contributed by atoms with Crippen molar-refractivity contribution in [3.05, 3.63) is 24.3 Å². The van der Waals surface area contributed by atoms with Gasteiger partial charge in [-0.3, -0.25) is 10.1 Å². The van der Waals surface area contributed by atoms with Crippen molar-refractivity contribution >= 4 is 22.7 Å². The van der Waals surface area contributed by atoms with Gasteiger partial charge in [0.25, 0.3) is 0 Å². The Morgan fingerprint density at radius 2 is 1.92 bits per heavy atom. The Morgan fingerprint density at radius 3 is 2.62 bits per heavy atom. The van der Waals surface area contributed by atoms with E-state index in [9.17, 15) is 0 Å². The van der Waals surface area contributed by atoms with E-state index < -0.39 is 0 Å². The molecule has 7 heteroatoms. The first-order valence-corrected chi connectivity index (χ1v) is 10.1. The lowest BCUT2D eigenvalue weighted by Crippen LogP contribution is -2.16. The number of aliphatic imine (C=N–C) groups is 1. The van der Waals surface area contributed by atoms with Crippen LogP contribution in [0.1, 0.15) is 32.1 Å². The minimum Gasteiger partial charge on any atom is -0.493 e. The van der Waals surface area contributed by atoms with E-state index in [0.717, 1.165) is 22.2 Å². The van der Waals surface area contributed by atoms with Crippen LogP contribution in [0.5, 0.6) is 11.5 Å². The van der Waals surface area contributed by atoms with Crippen LogP contribution in [0, 0.1) is 0 Å². The first-order chi connectivity index (χ1) is 12.7. The Morgan fingerprint density at radius 1 is 1.15 bits per heavy atom. The molecule has 1 heterocycles. The second-order valence-corrected chi connectivity index (χ2v) is 7.09. The molecule has 0 radical (unpaired) electrons. The molecule has 1 saturated carbocycles. The summed E-state index contributed by atoms with van der Waals surface area (Å²) in [5, 5.41) is 11.7. The maximum absolute atomic E-state index is 5.37. The predicted octanol–water partition coefficient (Wildman–Crippen LogP) is 4.56. The summed E-state index contributed by atoms with van der Waals surface area (Å²) in [5.74, 6) is 2.16. The molecule has 0 aliphatic heterocycles. The number of aromatic amines is 1. The minimum atomic E-state index is 0.433. The molecular weight excluding hydrogens is 348 g/mol. The Kier molecular flexibility index (Phi) is 6.44. The van der Waals surface area contributed by atoms with Crippen molar-refractivity contribution in [2.24, 2.45) is 4.99 Å². The summed E-state index contributed by atoms with van der Waals surface area (Å²) in [6, 6.07) is 8.21. The number of anilines is 1. The fraction of sp³-hybridized carbons (Fsp3) is 0.474. The van der Waals surface area contributed by atoms with Gasteiger partial charge in [-0.15, -0.1) is 0 Å². The number of methoxy groups -OCH3 is 2. The van der Waals surface area contributed by atoms with Crippen LogP contribution in [0.2, 0.25) is 0 Å². The molecule has 0 atom stereocenters. The molecule has 3 rings (SSSR count). The van der Waals surface area contributed by atoms with Crippen LogP contribution in [0.15, 0.2) is 29.3 Å². The maximum atomic E-state index is 5.37. The molecule has 0 unspecified atom stereocenters. The Bertz CT molecular complexity index is 754. The zero-order valence-electron chi connectivity index (χ0n) is 15.5. The number of amidine groups is 1. The number of nitrogens with one attached hydrogen (secondary N) is 2. The van der Waals surface area contributed by atoms with Gasteiger partial charge in [-0.1, -0.05) is 31.0 Å². The standard InChI is InChI=1S/C19H26N4O2S/c1-24-16-10-9-13(11-17(16)25-2)15-12-18(23-22-15)21-19(26-3)20-14-7-5-4-6-8-14/h9-12,14H,4-8H2,1-3H3,(H2,20,21,22,23). The van der Waals surface area contributed by atoms with Crippen molar-refractivity contribution in [1.29, 1.82) is 0 Å². The molecule has 0 amide bonds. The molecule has 140 valence electrons. The number of thioether (sulfide) groups is 1. The van der Waals surface area contributed by atoms with Crippen LogP contribution in [0.25, 0.3) is 11.3 Å². The van der Waals surface area contributed by atoms with Crippen LogP contribution in [0.4, 0.5) is 5.82 Å². The first kappa shape index (κ1) is 18.6. The monoisotopic (exact) mass is 374 g/mol. The number of rotatable bonds is 5. The van der Waals surface area contributed by atoms with Crippen molar-refractivity contribution in [2.45, 2.75) is 38.1 Å². The van der Waals surface area contributed by atoms with Crippen LogP contribution in [-0.4, -0.2) is 41.9 Å². The summed E-state index contributed by atoms with van der Waals surface area (Å²) in [5.41, 5.74) is 1.89. The van der Waals surface area contributed by atoms with E-state index in [-0.39, 0.29) is 0 Å². The van der Waals surface area contributed by atoms with Gasteiger partial charge in [0.15, 0.2) is 22.5 Å². The Labute approximate surface area is 158 Å². The molecule has 1 aliphatic carbocycles. The molecule has 2 N–H and O–H groups in total. The number of ether oxygens (including phenoxy) is 2. The van der Waals surface area contributed by atoms with Crippen LogP contribution < -0.4 is 14.8 Å². The number of aromatic nitrogens is 2. The van der Waals surface area contributed by atoms with E-state index >= 15 is 0 Å². The quantitative estimate of drug-likeness (QED) is 0.593. The molecule has 0 saturated heterocycles. The van der Waals surface area contributed by atoms with Crippen molar-refractivity contribution < 1.29 is 9.47 Å². The smallest absolute Gasteiger partial charge is 0.162 e. The van der Waals surface area contributed by atoms with E-state index in [1.165, 1.54) is 32.1 Å². The molecule has 1 fully saturated rings. The zero-order chi connectivity index (χ0) is 18.4. The van der Waals surface area contributed by atoms with Crippen LogP contribution in [0.3, 0.4) is 0 Å². The normalized spacial score (nSPS) is 15.7. The lowest BCUT2D eigenvalue weighted by molar-refractivity contribution is 0.355. The number of hydrogen-bond donors (Lipinski definition) is 2. The molecule has 6 nitrogen and oxygen atoms in total. The van der Waals surface area contributed by atoms with Gasteiger partial charge in [-0.05, 0) is 37.3 Å². The molecule has 1 aliphatic rings. The SMILES string of the molecule is COc1ccc(-c2cc(NC(=NC3CCCCC3)SC)n[nH]2)cc1OC. The summed E-state index contributed by atoms with van der Waals surface area (Å²) in [6.07, 6.45) is 8.30. The van der Waals surface area contributed by atoms with Gasteiger partial charge in [-0.2, -0.15) is 5.10 Å². The third-order valence-corrected chi connectivity index (χ3v) is 5.17. The number of hydrogen-bond acceptors (Lipinski definition) is 5. The molecule has 26 heavy (non-hydrogen) atoms. The van der Waals surface area contributed by atoms with Crippen molar-refractivity contribution in [2.75, 3.05) is 25.8 Å². The third-order valence-electron chi connectivity index (χ3n) is 4.58. The first-order valence-electron chi connectivity index (χ1n) is 8.90. The van der Waals surface area contributed by atoms with Gasteiger partial charge in [0.05, 0.1) is 26.0 Å². The maximum Gasteiger partial charge on any atom is 0.162 e. The summed E-state index contributed by atoms with van der Waals surface area (Å²) in [7, 11) is 3.26. The number of H-pyrrole nitrogens is 1. The third kappa shape index (κ3) is 4.52. The molecular formula is C19H26N4O2S. The Balaban J connectivity index is 1.73. The molecule has 1 aromatic heterocycles. The van der Waals surface area contributed by atoms with E-state index in [0.29, 0.717) is 17.5 Å². The highest BCUT2D eigenvalue weighted by Crippen LogP contribution is 2.32. The van der Waals surface area contributed by atoms with E-state index in [4.69, 9.17) is 14.5 Å². The van der Waals surface area contributed by atoms with E-state index in [2.05, 4.69) is 15.5 Å². The van der Waals surface area contributed by atoms with Crippen molar-refractivity contribution in [1.82, 2.24) is 10.2 Å². The summed E-state index contributed by atoms with van der Waals surface area (Å²) in [6.45, 7) is 0. The number of nitrogens with zero attached hydrogens (tertiary/aromatic N) is 2. The largest absolute Gasteiger partial charge is 0.493 e. The summed E-state index contributed by atoms with van der Waals surface area (Å²) in [4.78, 5) is 4.86. The molecule has 2 aromatic rings. The van der Waals surface area contributed by atoms with Crippen molar-refractivity contribution in [3.63, 3.8) is 0 Å². The second kappa shape index (κ2) is 8.98. The fourth-order valence-corrected chi connectivity index (χ4v) is 3.62. The minimum absolute atomic E-state index is 0.433. The summed E-state index contributed by atoms with van der Waals surface area (Å²) < 4.78 is 10.7.